The highest BCUT2D eigenvalue weighted by Crippen LogP contribution is 2.16. The second kappa shape index (κ2) is 7.24. The highest BCUT2D eigenvalue weighted by molar-refractivity contribution is 5.75. The Morgan fingerprint density at radius 1 is 1.22 bits per heavy atom. The van der Waals surface area contributed by atoms with Crippen molar-refractivity contribution in [3.63, 3.8) is 0 Å². The summed E-state index contributed by atoms with van der Waals surface area (Å²) in [4.78, 5) is 22.3. The lowest BCUT2D eigenvalue weighted by Crippen LogP contribution is -2.46. The lowest BCUT2D eigenvalue weighted by Gasteiger charge is -2.22. The quantitative estimate of drug-likeness (QED) is 0.683. The van der Waals surface area contributed by atoms with Crippen LogP contribution in [0.2, 0.25) is 0 Å². The smallest absolute Gasteiger partial charge is 0.315 e. The number of carbonyl (C=O) groups excluding carboxylic acids is 1. The monoisotopic (exact) mass is 258 g/mol. The van der Waals surface area contributed by atoms with Crippen LogP contribution in [0.4, 0.5) is 4.79 Å². The van der Waals surface area contributed by atoms with Gasteiger partial charge in [0.05, 0.1) is 6.42 Å². The van der Waals surface area contributed by atoms with Crippen LogP contribution in [0.1, 0.15) is 47.5 Å². The third kappa shape index (κ3) is 8.84. The zero-order chi connectivity index (χ0) is 14.3. The lowest BCUT2D eigenvalue weighted by molar-refractivity contribution is -0.137. The van der Waals surface area contributed by atoms with E-state index in [0.717, 1.165) is 6.42 Å². The van der Waals surface area contributed by atoms with Crippen molar-refractivity contribution in [3.8, 4) is 0 Å². The summed E-state index contributed by atoms with van der Waals surface area (Å²) in [5.41, 5.74) is 0.172. The Balaban J connectivity index is 4.07. The van der Waals surface area contributed by atoms with Crippen molar-refractivity contribution in [2.45, 2.75) is 53.5 Å². The molecule has 0 fully saturated rings. The molecule has 18 heavy (non-hydrogen) atoms. The Morgan fingerprint density at radius 2 is 1.78 bits per heavy atom. The number of urea groups is 1. The van der Waals surface area contributed by atoms with E-state index < -0.39 is 5.97 Å². The Kier molecular flexibility index (Phi) is 6.73. The zero-order valence-corrected chi connectivity index (χ0v) is 12.0. The summed E-state index contributed by atoms with van der Waals surface area (Å²) < 4.78 is 0. The molecule has 106 valence electrons. The number of rotatable bonds is 6. The Morgan fingerprint density at radius 3 is 2.17 bits per heavy atom. The van der Waals surface area contributed by atoms with Gasteiger partial charge < -0.3 is 15.7 Å². The van der Waals surface area contributed by atoms with E-state index >= 15 is 0 Å². The van der Waals surface area contributed by atoms with Gasteiger partial charge in [-0.05, 0) is 17.8 Å². The molecule has 0 rings (SSSR count). The molecule has 0 radical (unpaired) electrons. The molecule has 5 heteroatoms. The summed E-state index contributed by atoms with van der Waals surface area (Å²) in [5.74, 6) is -0.807. The number of nitrogens with one attached hydrogen (secondary N) is 2. The van der Waals surface area contributed by atoms with Gasteiger partial charge in [0, 0.05) is 12.6 Å². The molecule has 0 aliphatic rings. The van der Waals surface area contributed by atoms with Crippen LogP contribution in [0.15, 0.2) is 0 Å². The van der Waals surface area contributed by atoms with Gasteiger partial charge in [0.25, 0.3) is 0 Å². The van der Waals surface area contributed by atoms with Crippen LogP contribution >= 0.6 is 0 Å². The molecule has 0 aliphatic carbocycles. The molecule has 0 aliphatic heterocycles. The van der Waals surface area contributed by atoms with Gasteiger partial charge in [-0.1, -0.05) is 34.6 Å². The molecule has 0 spiro atoms. The van der Waals surface area contributed by atoms with Crippen molar-refractivity contribution in [3.05, 3.63) is 0 Å². The summed E-state index contributed by atoms with van der Waals surface area (Å²) in [5, 5.41) is 14.2. The van der Waals surface area contributed by atoms with Gasteiger partial charge in [0.1, 0.15) is 0 Å². The first-order valence-corrected chi connectivity index (χ1v) is 6.38. The number of aliphatic carboxylic acids is 1. The maximum absolute atomic E-state index is 11.6. The fourth-order valence-electron chi connectivity index (χ4n) is 1.41. The van der Waals surface area contributed by atoms with E-state index in [-0.39, 0.29) is 29.8 Å². The summed E-state index contributed by atoms with van der Waals surface area (Å²) in [6.07, 6.45) is 0.829. The molecular formula is C13H26N2O3. The first-order valence-electron chi connectivity index (χ1n) is 6.38. The minimum absolute atomic E-state index is 0.0512. The fourth-order valence-corrected chi connectivity index (χ4v) is 1.41. The molecule has 0 heterocycles. The van der Waals surface area contributed by atoms with Gasteiger partial charge in [0.15, 0.2) is 0 Å². The largest absolute Gasteiger partial charge is 0.481 e. The molecule has 0 aromatic rings. The Labute approximate surface area is 109 Å². The van der Waals surface area contributed by atoms with E-state index in [2.05, 4.69) is 31.4 Å². The number of carboxylic acid groups (broad SMARTS) is 1. The van der Waals surface area contributed by atoms with Gasteiger partial charge >= 0.3 is 12.0 Å². The molecule has 1 unspecified atom stereocenters. The Hall–Kier alpha value is -1.26. The highest BCUT2D eigenvalue weighted by Gasteiger charge is 2.19. The van der Waals surface area contributed by atoms with Crippen molar-refractivity contribution in [1.82, 2.24) is 10.6 Å². The van der Waals surface area contributed by atoms with Crippen molar-refractivity contribution >= 4 is 12.0 Å². The van der Waals surface area contributed by atoms with Crippen LogP contribution in [0.3, 0.4) is 0 Å². The third-order valence-electron chi connectivity index (χ3n) is 2.68. The fraction of sp³-hybridized carbons (Fsp3) is 0.846. The molecule has 3 N–H and O–H groups in total. The van der Waals surface area contributed by atoms with Crippen LogP contribution in [0, 0.1) is 11.3 Å². The van der Waals surface area contributed by atoms with E-state index in [9.17, 15) is 9.59 Å². The van der Waals surface area contributed by atoms with E-state index in [1.807, 2.05) is 13.8 Å². The predicted molar refractivity (Wildman–Crippen MR) is 71.5 cm³/mol. The van der Waals surface area contributed by atoms with E-state index in [0.29, 0.717) is 6.54 Å². The predicted octanol–water partition coefficient (Wildman–Crippen LogP) is 2.22. The number of hydrogen-bond acceptors (Lipinski definition) is 2. The molecule has 1 atom stereocenters. The third-order valence-corrected chi connectivity index (χ3v) is 2.68. The topological polar surface area (TPSA) is 78.4 Å². The number of hydrogen-bond donors (Lipinski definition) is 3. The van der Waals surface area contributed by atoms with Crippen molar-refractivity contribution in [2.24, 2.45) is 11.3 Å². The molecule has 2 amide bonds. The summed E-state index contributed by atoms with van der Waals surface area (Å²) in [7, 11) is 0. The second-order valence-electron chi connectivity index (χ2n) is 6.16. The van der Waals surface area contributed by atoms with E-state index in [1.165, 1.54) is 0 Å². The Bertz CT molecular complexity index is 282. The van der Waals surface area contributed by atoms with Crippen LogP contribution in [0.5, 0.6) is 0 Å². The number of carboxylic acids is 1. The number of carbonyl (C=O) groups is 2. The highest BCUT2D eigenvalue weighted by atomic mass is 16.4. The summed E-state index contributed by atoms with van der Waals surface area (Å²) in [6.45, 7) is 10.7. The van der Waals surface area contributed by atoms with Gasteiger partial charge in [-0.25, -0.2) is 4.79 Å². The van der Waals surface area contributed by atoms with Crippen LogP contribution in [-0.4, -0.2) is 29.7 Å². The SMILES string of the molecule is CC(C)C(CC(=O)O)NC(=O)NCCC(C)(C)C. The van der Waals surface area contributed by atoms with E-state index in [1.54, 1.807) is 0 Å². The van der Waals surface area contributed by atoms with Gasteiger partial charge in [-0.2, -0.15) is 0 Å². The minimum atomic E-state index is -0.899. The summed E-state index contributed by atoms with van der Waals surface area (Å²) >= 11 is 0. The first-order chi connectivity index (χ1) is 8.11. The van der Waals surface area contributed by atoms with Gasteiger partial charge in [-0.15, -0.1) is 0 Å². The normalized spacial score (nSPS) is 13.2. The van der Waals surface area contributed by atoms with Crippen LogP contribution in [-0.2, 0) is 4.79 Å². The van der Waals surface area contributed by atoms with Gasteiger partial charge in [0.2, 0.25) is 0 Å². The van der Waals surface area contributed by atoms with Gasteiger partial charge in [-0.3, -0.25) is 4.79 Å². The molecule has 0 aromatic heterocycles. The molecular weight excluding hydrogens is 232 g/mol. The molecule has 0 saturated carbocycles. The maximum atomic E-state index is 11.6. The van der Waals surface area contributed by atoms with E-state index in [4.69, 9.17) is 5.11 Å². The molecule has 0 aromatic carbocycles. The van der Waals surface area contributed by atoms with Crippen molar-refractivity contribution in [2.75, 3.05) is 6.54 Å². The maximum Gasteiger partial charge on any atom is 0.315 e. The van der Waals surface area contributed by atoms with Crippen LogP contribution in [0.25, 0.3) is 0 Å². The number of amides is 2. The standard InChI is InChI=1S/C13H26N2O3/c1-9(2)10(8-11(16)17)15-12(18)14-7-6-13(3,4)5/h9-10H,6-8H2,1-5H3,(H,16,17)(H2,14,15,18). The van der Waals surface area contributed by atoms with Crippen molar-refractivity contribution in [1.29, 1.82) is 0 Å². The first kappa shape index (κ1) is 16.7. The minimum Gasteiger partial charge on any atom is -0.481 e. The van der Waals surface area contributed by atoms with Crippen molar-refractivity contribution < 1.29 is 14.7 Å². The molecule has 0 saturated heterocycles. The lowest BCUT2D eigenvalue weighted by atomic mass is 9.92. The van der Waals surface area contributed by atoms with Crippen LogP contribution < -0.4 is 10.6 Å². The molecule has 5 nitrogen and oxygen atoms in total. The zero-order valence-electron chi connectivity index (χ0n) is 12.0. The average Bonchev–Trinajstić information content (AvgIpc) is 2.13. The summed E-state index contributed by atoms with van der Waals surface area (Å²) in [6, 6.07) is -0.628. The average molecular weight is 258 g/mol. The second-order valence-corrected chi connectivity index (χ2v) is 6.16. The molecule has 0 bridgehead atoms.